The van der Waals surface area contributed by atoms with Gasteiger partial charge in [-0.1, -0.05) is 12.1 Å². The van der Waals surface area contributed by atoms with Gasteiger partial charge in [0.2, 0.25) is 5.91 Å². The van der Waals surface area contributed by atoms with E-state index in [0.717, 1.165) is 25.1 Å². The molecule has 0 radical (unpaired) electrons. The molecule has 0 spiro atoms. The Morgan fingerprint density at radius 3 is 2.92 bits per heavy atom. The summed E-state index contributed by atoms with van der Waals surface area (Å²) in [6.07, 6.45) is 1.97. The number of carbonyl (C=O) groups is 2. The van der Waals surface area contributed by atoms with Crippen molar-refractivity contribution in [1.29, 1.82) is 0 Å². The third-order valence-corrected chi connectivity index (χ3v) is 4.55. The van der Waals surface area contributed by atoms with Crippen LogP contribution in [0, 0.1) is 0 Å². The molecule has 0 bridgehead atoms. The number of ether oxygens (including phenoxy) is 2. The number of nitrogens with zero attached hydrogens (tertiary/aromatic N) is 2. The predicted molar refractivity (Wildman–Crippen MR) is 90.1 cm³/mol. The van der Waals surface area contributed by atoms with Gasteiger partial charge >= 0.3 is 0 Å². The summed E-state index contributed by atoms with van der Waals surface area (Å²) < 4.78 is 11.2. The van der Waals surface area contributed by atoms with Gasteiger partial charge in [0, 0.05) is 33.2 Å². The molecule has 1 aromatic carbocycles. The smallest absolute Gasteiger partial charge is 0.267 e. The van der Waals surface area contributed by atoms with E-state index in [-0.39, 0.29) is 24.3 Å². The largest absolute Gasteiger partial charge is 0.479 e. The first-order valence-corrected chi connectivity index (χ1v) is 8.49. The molecule has 2 aliphatic rings. The van der Waals surface area contributed by atoms with Gasteiger partial charge in [-0.25, -0.2) is 0 Å². The number of carbonyl (C=O) groups excluding carboxylic acids is 2. The molecule has 2 amide bonds. The molecule has 3 rings (SSSR count). The van der Waals surface area contributed by atoms with Crippen LogP contribution in [-0.2, 0) is 14.3 Å². The molecule has 0 saturated carbocycles. The molecule has 6 nitrogen and oxygen atoms in total. The summed E-state index contributed by atoms with van der Waals surface area (Å²) in [6, 6.07) is 7.43. The zero-order valence-corrected chi connectivity index (χ0v) is 14.2. The molecule has 130 valence electrons. The van der Waals surface area contributed by atoms with Crippen molar-refractivity contribution in [2.45, 2.75) is 38.4 Å². The molecule has 0 unspecified atom stereocenters. The van der Waals surface area contributed by atoms with Crippen molar-refractivity contribution >= 4 is 17.5 Å². The normalized spacial score (nSPS) is 22.9. The quantitative estimate of drug-likeness (QED) is 0.825. The van der Waals surface area contributed by atoms with Crippen molar-refractivity contribution < 1.29 is 19.1 Å². The molecule has 1 saturated heterocycles. The number of anilines is 1. The standard InChI is InChI=1S/C18H24N2O4/c1-13-18(22)20(15-7-3-4-8-16(15)24-13)10-9-17(21)19(2)12-14-6-5-11-23-14/h3-4,7-8,13-14H,5-6,9-12H2,1-2H3/t13-,14-/m1/s1. The fourth-order valence-corrected chi connectivity index (χ4v) is 3.18. The van der Waals surface area contributed by atoms with Gasteiger partial charge in [-0.2, -0.15) is 0 Å². The topological polar surface area (TPSA) is 59.1 Å². The molecular formula is C18H24N2O4. The number of benzene rings is 1. The van der Waals surface area contributed by atoms with Crippen LogP contribution in [0.4, 0.5) is 5.69 Å². The lowest BCUT2D eigenvalue weighted by Gasteiger charge is -2.33. The highest BCUT2D eigenvalue weighted by Crippen LogP contribution is 2.33. The lowest BCUT2D eigenvalue weighted by molar-refractivity contribution is -0.131. The first kappa shape index (κ1) is 16.8. The van der Waals surface area contributed by atoms with Crippen LogP contribution in [0.2, 0.25) is 0 Å². The van der Waals surface area contributed by atoms with Gasteiger partial charge in [0.25, 0.3) is 5.91 Å². The predicted octanol–water partition coefficient (Wildman–Crippen LogP) is 1.83. The van der Waals surface area contributed by atoms with E-state index >= 15 is 0 Å². The highest BCUT2D eigenvalue weighted by Gasteiger charge is 2.31. The molecule has 0 N–H and O–H groups in total. The van der Waals surface area contributed by atoms with Crippen molar-refractivity contribution in [2.75, 3.05) is 31.6 Å². The van der Waals surface area contributed by atoms with Gasteiger partial charge in [-0.15, -0.1) is 0 Å². The fraction of sp³-hybridized carbons (Fsp3) is 0.556. The Labute approximate surface area is 142 Å². The maximum Gasteiger partial charge on any atom is 0.267 e. The maximum atomic E-state index is 12.4. The minimum atomic E-state index is -0.528. The van der Waals surface area contributed by atoms with Crippen LogP contribution in [0.15, 0.2) is 24.3 Å². The second-order valence-electron chi connectivity index (χ2n) is 6.38. The lowest BCUT2D eigenvalue weighted by atomic mass is 10.1. The van der Waals surface area contributed by atoms with Crippen molar-refractivity contribution in [2.24, 2.45) is 0 Å². The second-order valence-corrected chi connectivity index (χ2v) is 6.38. The van der Waals surface area contributed by atoms with Crippen LogP contribution in [0.3, 0.4) is 0 Å². The summed E-state index contributed by atoms with van der Waals surface area (Å²) >= 11 is 0. The highest BCUT2D eigenvalue weighted by atomic mass is 16.5. The minimum Gasteiger partial charge on any atom is -0.479 e. The number of para-hydroxylation sites is 2. The molecule has 0 aromatic heterocycles. The molecule has 6 heteroatoms. The summed E-state index contributed by atoms with van der Waals surface area (Å²) in [5.41, 5.74) is 0.732. The Bertz CT molecular complexity index is 613. The molecule has 2 heterocycles. The summed E-state index contributed by atoms with van der Waals surface area (Å²) in [5, 5.41) is 0. The third-order valence-electron chi connectivity index (χ3n) is 4.55. The monoisotopic (exact) mass is 332 g/mol. The van der Waals surface area contributed by atoms with E-state index in [2.05, 4.69) is 0 Å². The molecule has 0 aliphatic carbocycles. The summed E-state index contributed by atoms with van der Waals surface area (Å²) in [5.74, 6) is 0.600. The summed E-state index contributed by atoms with van der Waals surface area (Å²) in [4.78, 5) is 28.1. The molecule has 24 heavy (non-hydrogen) atoms. The molecular weight excluding hydrogens is 308 g/mol. The van der Waals surface area contributed by atoms with Crippen LogP contribution in [0.1, 0.15) is 26.2 Å². The zero-order valence-electron chi connectivity index (χ0n) is 14.2. The van der Waals surface area contributed by atoms with E-state index in [0.29, 0.717) is 18.8 Å². The Kier molecular flexibility index (Phi) is 5.04. The Morgan fingerprint density at radius 2 is 2.17 bits per heavy atom. The van der Waals surface area contributed by atoms with Gasteiger partial charge in [-0.3, -0.25) is 9.59 Å². The van der Waals surface area contributed by atoms with E-state index < -0.39 is 6.10 Å². The number of amides is 2. The minimum absolute atomic E-state index is 0.0231. The van der Waals surface area contributed by atoms with Gasteiger partial charge in [-0.05, 0) is 31.9 Å². The summed E-state index contributed by atoms with van der Waals surface area (Å²) in [7, 11) is 1.79. The number of fused-ring (bicyclic) bond motifs is 1. The highest BCUT2D eigenvalue weighted by molar-refractivity contribution is 6.00. The van der Waals surface area contributed by atoms with Crippen molar-refractivity contribution in [3.8, 4) is 5.75 Å². The van der Waals surface area contributed by atoms with E-state index in [9.17, 15) is 9.59 Å². The second kappa shape index (κ2) is 7.21. The van der Waals surface area contributed by atoms with Crippen molar-refractivity contribution in [3.63, 3.8) is 0 Å². The van der Waals surface area contributed by atoms with Crippen molar-refractivity contribution in [1.82, 2.24) is 4.90 Å². The van der Waals surface area contributed by atoms with Crippen LogP contribution in [-0.4, -0.2) is 55.7 Å². The van der Waals surface area contributed by atoms with Crippen LogP contribution in [0.25, 0.3) is 0 Å². The summed E-state index contributed by atoms with van der Waals surface area (Å²) in [6.45, 7) is 3.49. The first-order valence-electron chi connectivity index (χ1n) is 8.49. The Balaban J connectivity index is 1.60. The maximum absolute atomic E-state index is 12.4. The molecule has 2 aliphatic heterocycles. The van der Waals surface area contributed by atoms with E-state index in [1.807, 2.05) is 24.3 Å². The van der Waals surface area contributed by atoms with Crippen LogP contribution < -0.4 is 9.64 Å². The van der Waals surface area contributed by atoms with Crippen LogP contribution >= 0.6 is 0 Å². The number of likely N-dealkylation sites (N-methyl/N-ethyl adjacent to an activating group) is 1. The van der Waals surface area contributed by atoms with E-state index in [4.69, 9.17) is 9.47 Å². The lowest BCUT2D eigenvalue weighted by Crippen LogP contribution is -2.46. The SMILES string of the molecule is C[C@H]1Oc2ccccc2N(CCC(=O)N(C)C[C@H]2CCCO2)C1=O. The number of hydrogen-bond acceptors (Lipinski definition) is 4. The Morgan fingerprint density at radius 1 is 1.38 bits per heavy atom. The van der Waals surface area contributed by atoms with Gasteiger partial charge in [0.1, 0.15) is 5.75 Å². The van der Waals surface area contributed by atoms with Crippen molar-refractivity contribution in [3.05, 3.63) is 24.3 Å². The third kappa shape index (κ3) is 3.53. The zero-order chi connectivity index (χ0) is 17.1. The van der Waals surface area contributed by atoms with Gasteiger partial charge in [0.05, 0.1) is 11.8 Å². The molecule has 1 aromatic rings. The fourth-order valence-electron chi connectivity index (χ4n) is 3.18. The number of hydrogen-bond donors (Lipinski definition) is 0. The van der Waals surface area contributed by atoms with Gasteiger partial charge in [0.15, 0.2) is 6.10 Å². The van der Waals surface area contributed by atoms with E-state index in [1.165, 1.54) is 0 Å². The van der Waals surface area contributed by atoms with Crippen LogP contribution in [0.5, 0.6) is 5.75 Å². The van der Waals surface area contributed by atoms with E-state index in [1.54, 1.807) is 23.8 Å². The molecule has 2 atom stereocenters. The first-order chi connectivity index (χ1) is 11.6. The number of rotatable bonds is 5. The average Bonchev–Trinajstić information content (AvgIpc) is 3.08. The average molecular weight is 332 g/mol. The van der Waals surface area contributed by atoms with Gasteiger partial charge < -0.3 is 19.3 Å². The Hall–Kier alpha value is -2.08. The molecule has 1 fully saturated rings.